The van der Waals surface area contributed by atoms with Crippen molar-refractivity contribution < 1.29 is 8.78 Å². The summed E-state index contributed by atoms with van der Waals surface area (Å²) in [6.45, 7) is 2.20. The molecule has 0 radical (unpaired) electrons. The third-order valence-electron chi connectivity index (χ3n) is 7.02. The van der Waals surface area contributed by atoms with Gasteiger partial charge in [-0.3, -0.25) is 0 Å². The van der Waals surface area contributed by atoms with Crippen molar-refractivity contribution in [3.05, 3.63) is 0 Å². The fraction of sp³-hybridized carbons (Fsp3) is 1.00. The lowest BCUT2D eigenvalue weighted by molar-refractivity contribution is 0.0585. The molecule has 0 aliphatic heterocycles. The van der Waals surface area contributed by atoms with E-state index < -0.39 is 12.3 Å². The first-order valence-corrected chi connectivity index (χ1v) is 9.90. The fourth-order valence-electron chi connectivity index (χ4n) is 5.55. The van der Waals surface area contributed by atoms with Crippen molar-refractivity contribution in [3.63, 3.8) is 0 Å². The topological polar surface area (TPSA) is 0 Å². The Balaban J connectivity index is 1.40. The van der Waals surface area contributed by atoms with Crippen molar-refractivity contribution in [1.82, 2.24) is 0 Å². The lowest BCUT2D eigenvalue weighted by Crippen LogP contribution is -2.33. The Labute approximate surface area is 135 Å². The average molecular weight is 312 g/mol. The maximum Gasteiger partial charge on any atom is 0.103 e. The van der Waals surface area contributed by atoms with Crippen LogP contribution in [0.4, 0.5) is 8.78 Å². The van der Waals surface area contributed by atoms with Crippen LogP contribution in [0.1, 0.15) is 84.0 Å². The number of rotatable bonds is 3. The quantitative estimate of drug-likeness (QED) is 0.559. The van der Waals surface area contributed by atoms with Crippen molar-refractivity contribution in [2.24, 2.45) is 29.6 Å². The molecule has 0 saturated heterocycles. The van der Waals surface area contributed by atoms with Gasteiger partial charge in [0, 0.05) is 0 Å². The van der Waals surface area contributed by atoms with Gasteiger partial charge in [-0.15, -0.1) is 0 Å². The molecule has 0 amide bonds. The van der Waals surface area contributed by atoms with E-state index in [-0.39, 0.29) is 0 Å². The molecule has 3 atom stereocenters. The molecule has 0 N–H and O–H groups in total. The van der Waals surface area contributed by atoms with E-state index in [1.54, 1.807) is 0 Å². The van der Waals surface area contributed by atoms with Crippen LogP contribution in [0.15, 0.2) is 0 Å². The summed E-state index contributed by atoms with van der Waals surface area (Å²) in [7, 11) is 0. The van der Waals surface area contributed by atoms with Crippen molar-refractivity contribution in [1.29, 1.82) is 0 Å². The van der Waals surface area contributed by atoms with Gasteiger partial charge in [-0.2, -0.15) is 0 Å². The number of hydrogen-bond donors (Lipinski definition) is 0. The molecule has 2 heteroatoms. The van der Waals surface area contributed by atoms with E-state index in [1.807, 2.05) is 0 Å². The van der Waals surface area contributed by atoms with E-state index in [4.69, 9.17) is 0 Å². The lowest BCUT2D eigenvalue weighted by Gasteiger charge is -2.40. The maximum absolute atomic E-state index is 14.4. The second-order valence-electron chi connectivity index (χ2n) is 8.73. The first-order valence-electron chi connectivity index (χ1n) is 9.90. The number of hydrogen-bond acceptors (Lipinski definition) is 0. The van der Waals surface area contributed by atoms with E-state index in [1.165, 1.54) is 38.5 Å². The summed E-state index contributed by atoms with van der Waals surface area (Å²) in [4.78, 5) is 0. The van der Waals surface area contributed by atoms with Gasteiger partial charge in [0.25, 0.3) is 0 Å². The Morgan fingerprint density at radius 3 is 1.91 bits per heavy atom. The smallest absolute Gasteiger partial charge is 0.103 e. The van der Waals surface area contributed by atoms with Crippen molar-refractivity contribution in [2.45, 2.75) is 96.3 Å². The normalized spacial score (nSPS) is 47.3. The van der Waals surface area contributed by atoms with Crippen LogP contribution >= 0.6 is 0 Å². The Kier molecular flexibility index (Phi) is 5.79. The second kappa shape index (κ2) is 7.62. The highest BCUT2D eigenvalue weighted by atomic mass is 19.1. The van der Waals surface area contributed by atoms with Crippen LogP contribution in [0.3, 0.4) is 0 Å². The third kappa shape index (κ3) is 4.23. The molecule has 3 fully saturated rings. The molecule has 22 heavy (non-hydrogen) atoms. The molecule has 128 valence electrons. The zero-order valence-electron chi connectivity index (χ0n) is 14.3. The van der Waals surface area contributed by atoms with Crippen molar-refractivity contribution in [3.8, 4) is 0 Å². The summed E-state index contributed by atoms with van der Waals surface area (Å²) in [5.74, 6) is 3.23. The number of halogens is 2. The highest BCUT2D eigenvalue weighted by Gasteiger charge is 2.36. The Morgan fingerprint density at radius 1 is 0.727 bits per heavy atom. The fourth-order valence-corrected chi connectivity index (χ4v) is 5.55. The Bertz CT molecular complexity index is 327. The predicted octanol–water partition coefficient (Wildman–Crippen LogP) is 6.49. The molecule has 0 aromatic carbocycles. The van der Waals surface area contributed by atoms with Crippen LogP contribution in [0.5, 0.6) is 0 Å². The summed E-state index contributed by atoms with van der Waals surface area (Å²) in [5.41, 5.74) is 0. The Hall–Kier alpha value is -0.140. The minimum Gasteiger partial charge on any atom is -0.247 e. The highest BCUT2D eigenvalue weighted by molar-refractivity contribution is 4.87. The molecule has 0 aromatic heterocycles. The van der Waals surface area contributed by atoms with Crippen molar-refractivity contribution >= 4 is 0 Å². The molecule has 0 aromatic rings. The van der Waals surface area contributed by atoms with Crippen LogP contribution in [-0.4, -0.2) is 12.3 Å². The van der Waals surface area contributed by atoms with Gasteiger partial charge < -0.3 is 0 Å². The standard InChI is InChI=1S/C20H34F2/c1-14-2-11-19(20(22)12-14)17-7-3-15(4-8-17)13-16-5-9-18(21)10-6-16/h14-20H,2-13H2,1H3. The molecule has 0 bridgehead atoms. The number of alkyl halides is 2. The molecule has 3 saturated carbocycles. The van der Waals surface area contributed by atoms with E-state index in [0.29, 0.717) is 17.8 Å². The van der Waals surface area contributed by atoms with Gasteiger partial charge in [0.2, 0.25) is 0 Å². The van der Waals surface area contributed by atoms with Crippen LogP contribution in [0.25, 0.3) is 0 Å². The summed E-state index contributed by atoms with van der Waals surface area (Å²) in [6, 6.07) is 0. The van der Waals surface area contributed by atoms with E-state index in [0.717, 1.165) is 50.4 Å². The van der Waals surface area contributed by atoms with Gasteiger partial charge in [0.15, 0.2) is 0 Å². The van der Waals surface area contributed by atoms with Crippen LogP contribution in [-0.2, 0) is 0 Å². The largest absolute Gasteiger partial charge is 0.247 e. The molecule has 0 heterocycles. The minimum atomic E-state index is -0.537. The second-order valence-corrected chi connectivity index (χ2v) is 8.73. The minimum absolute atomic E-state index is 0.360. The SMILES string of the molecule is CC1CCC(C2CCC(CC3CCC(F)CC3)CC2)C(F)C1. The maximum atomic E-state index is 14.4. The molecular formula is C20H34F2. The van der Waals surface area contributed by atoms with Crippen LogP contribution in [0.2, 0.25) is 0 Å². The molecule has 3 unspecified atom stereocenters. The van der Waals surface area contributed by atoms with Crippen LogP contribution in [0, 0.1) is 29.6 Å². The average Bonchev–Trinajstić information content (AvgIpc) is 2.51. The summed E-state index contributed by atoms with van der Waals surface area (Å²) in [5, 5.41) is 0. The molecule has 3 aliphatic carbocycles. The monoisotopic (exact) mass is 312 g/mol. The first kappa shape index (κ1) is 16.7. The lowest BCUT2D eigenvalue weighted by atomic mass is 9.67. The first-order chi connectivity index (χ1) is 10.6. The van der Waals surface area contributed by atoms with Gasteiger partial charge in [-0.25, -0.2) is 8.78 Å². The van der Waals surface area contributed by atoms with Gasteiger partial charge in [-0.1, -0.05) is 26.2 Å². The summed E-state index contributed by atoms with van der Waals surface area (Å²) in [6.07, 6.45) is 12.3. The highest BCUT2D eigenvalue weighted by Crippen LogP contribution is 2.44. The molecular weight excluding hydrogens is 278 g/mol. The van der Waals surface area contributed by atoms with Crippen molar-refractivity contribution in [2.75, 3.05) is 0 Å². The zero-order valence-corrected chi connectivity index (χ0v) is 14.3. The van der Waals surface area contributed by atoms with Gasteiger partial charge in [-0.05, 0) is 87.4 Å². The zero-order chi connectivity index (χ0) is 15.5. The Morgan fingerprint density at radius 2 is 1.32 bits per heavy atom. The molecule has 3 rings (SSSR count). The van der Waals surface area contributed by atoms with Gasteiger partial charge >= 0.3 is 0 Å². The van der Waals surface area contributed by atoms with E-state index in [9.17, 15) is 8.78 Å². The van der Waals surface area contributed by atoms with Gasteiger partial charge in [0.1, 0.15) is 12.3 Å². The summed E-state index contributed by atoms with van der Waals surface area (Å²) < 4.78 is 27.6. The third-order valence-corrected chi connectivity index (χ3v) is 7.02. The summed E-state index contributed by atoms with van der Waals surface area (Å²) >= 11 is 0. The molecule has 3 aliphatic rings. The van der Waals surface area contributed by atoms with Gasteiger partial charge in [0.05, 0.1) is 0 Å². The molecule has 0 nitrogen and oxygen atoms in total. The van der Waals surface area contributed by atoms with E-state index >= 15 is 0 Å². The van der Waals surface area contributed by atoms with Crippen LogP contribution < -0.4 is 0 Å². The molecule has 0 spiro atoms. The predicted molar refractivity (Wildman–Crippen MR) is 88.3 cm³/mol. The van der Waals surface area contributed by atoms with E-state index in [2.05, 4.69) is 6.92 Å².